The number of carbonyl (C=O) groups is 2. The minimum Gasteiger partial charge on any atom is -0.440 e. The zero-order chi connectivity index (χ0) is 14.8. The third-order valence-electron chi connectivity index (χ3n) is 3.01. The predicted molar refractivity (Wildman–Crippen MR) is 69.9 cm³/mol. The lowest BCUT2D eigenvalue weighted by molar-refractivity contribution is -0.122. The number of rotatable bonds is 3. The van der Waals surface area contributed by atoms with Gasteiger partial charge in [-0.3, -0.25) is 9.59 Å². The molecule has 0 spiro atoms. The topological polar surface area (TPSA) is 105 Å². The van der Waals surface area contributed by atoms with Crippen LogP contribution >= 0.6 is 0 Å². The fourth-order valence-corrected chi connectivity index (χ4v) is 2.50. The van der Waals surface area contributed by atoms with Crippen LogP contribution < -0.4 is 10.6 Å². The highest BCUT2D eigenvalue weighted by Gasteiger charge is 2.25. The quantitative estimate of drug-likeness (QED) is 0.822. The molecule has 0 aromatic carbocycles. The lowest BCUT2D eigenvalue weighted by Gasteiger charge is -2.13. The van der Waals surface area contributed by atoms with Gasteiger partial charge in [-0.25, -0.2) is 8.42 Å². The summed E-state index contributed by atoms with van der Waals surface area (Å²) < 4.78 is 27.5. The maximum atomic E-state index is 11.9. The van der Waals surface area contributed by atoms with Gasteiger partial charge in [0, 0.05) is 12.8 Å². The molecule has 7 nitrogen and oxygen atoms in total. The Bertz CT molecular complexity index is 620. The molecule has 1 atom stereocenters. The van der Waals surface area contributed by atoms with Crippen molar-refractivity contribution < 1.29 is 22.4 Å². The van der Waals surface area contributed by atoms with E-state index in [2.05, 4.69) is 10.6 Å². The molecule has 1 unspecified atom stereocenters. The molecule has 0 radical (unpaired) electrons. The zero-order valence-electron chi connectivity index (χ0n) is 11.0. The molecular weight excluding hydrogens is 284 g/mol. The number of hydrogen-bond donors (Lipinski definition) is 2. The Morgan fingerprint density at radius 1 is 1.40 bits per heavy atom. The van der Waals surface area contributed by atoms with Crippen molar-refractivity contribution in [3.05, 3.63) is 17.9 Å². The maximum absolute atomic E-state index is 11.9. The van der Waals surface area contributed by atoms with Crippen molar-refractivity contribution in [2.45, 2.75) is 30.4 Å². The number of furan rings is 1. The minimum atomic E-state index is -3.49. The van der Waals surface area contributed by atoms with Gasteiger partial charge in [0.15, 0.2) is 5.76 Å². The van der Waals surface area contributed by atoms with Crippen molar-refractivity contribution in [2.24, 2.45) is 0 Å². The van der Waals surface area contributed by atoms with Gasteiger partial charge in [-0.15, -0.1) is 0 Å². The van der Waals surface area contributed by atoms with Crippen LogP contribution in [-0.4, -0.2) is 39.1 Å². The molecule has 1 aliphatic rings. The highest BCUT2D eigenvalue weighted by molar-refractivity contribution is 7.90. The van der Waals surface area contributed by atoms with Gasteiger partial charge in [-0.2, -0.15) is 0 Å². The van der Waals surface area contributed by atoms with E-state index >= 15 is 0 Å². The van der Waals surface area contributed by atoms with Crippen molar-refractivity contribution in [3.63, 3.8) is 0 Å². The Hall–Kier alpha value is -1.83. The van der Waals surface area contributed by atoms with Crippen LogP contribution in [0.25, 0.3) is 0 Å². The van der Waals surface area contributed by atoms with Crippen LogP contribution in [0.5, 0.6) is 0 Å². The van der Waals surface area contributed by atoms with Gasteiger partial charge < -0.3 is 15.1 Å². The fourth-order valence-electron chi connectivity index (χ4n) is 1.95. The molecule has 20 heavy (non-hydrogen) atoms. The lowest BCUT2D eigenvalue weighted by atomic mass is 10.1. The summed E-state index contributed by atoms with van der Waals surface area (Å²) in [5, 5.41) is 4.98. The first kappa shape index (κ1) is 14.6. The molecule has 1 saturated heterocycles. The Morgan fingerprint density at radius 2 is 2.15 bits per heavy atom. The lowest BCUT2D eigenvalue weighted by Crippen LogP contribution is -2.45. The molecule has 1 aromatic heterocycles. The normalized spacial score (nSPS) is 20.1. The summed E-state index contributed by atoms with van der Waals surface area (Å²) in [4.78, 5) is 23.6. The van der Waals surface area contributed by atoms with E-state index in [9.17, 15) is 18.0 Å². The number of hydrogen-bond acceptors (Lipinski definition) is 5. The van der Waals surface area contributed by atoms with Gasteiger partial charge in [0.1, 0.15) is 6.04 Å². The van der Waals surface area contributed by atoms with Gasteiger partial charge in [-0.05, 0) is 31.4 Å². The van der Waals surface area contributed by atoms with E-state index in [0.29, 0.717) is 13.0 Å². The largest absolute Gasteiger partial charge is 0.440 e. The first-order valence-electron chi connectivity index (χ1n) is 6.26. The number of amides is 2. The first-order valence-corrected chi connectivity index (χ1v) is 8.15. The van der Waals surface area contributed by atoms with Crippen LogP contribution in [0.3, 0.4) is 0 Å². The standard InChI is InChI=1S/C12H16N2O5S/c1-20(17,18)10-6-5-9(19-10)12(16)14-8-4-2-3-7-13-11(8)15/h5-6,8H,2-4,7H2,1H3,(H,13,15)(H,14,16). The zero-order valence-corrected chi connectivity index (χ0v) is 11.8. The number of sulfone groups is 1. The summed E-state index contributed by atoms with van der Waals surface area (Å²) in [6.07, 6.45) is 3.25. The maximum Gasteiger partial charge on any atom is 0.287 e. The second kappa shape index (κ2) is 5.66. The summed E-state index contributed by atoms with van der Waals surface area (Å²) in [6.45, 7) is 0.601. The van der Waals surface area contributed by atoms with Gasteiger partial charge in [0.2, 0.25) is 20.8 Å². The molecule has 0 saturated carbocycles. The fraction of sp³-hybridized carbons (Fsp3) is 0.500. The summed E-state index contributed by atoms with van der Waals surface area (Å²) in [5.41, 5.74) is 0. The summed E-state index contributed by atoms with van der Waals surface area (Å²) in [6, 6.07) is 1.88. The third kappa shape index (κ3) is 3.38. The Labute approximate surface area is 116 Å². The second-order valence-corrected chi connectivity index (χ2v) is 6.65. The average molecular weight is 300 g/mol. The molecule has 2 heterocycles. The van der Waals surface area contributed by atoms with Crippen LogP contribution in [0.15, 0.2) is 21.6 Å². The van der Waals surface area contributed by atoms with Gasteiger partial charge in [0.05, 0.1) is 0 Å². The van der Waals surface area contributed by atoms with Crippen LogP contribution in [0.1, 0.15) is 29.8 Å². The third-order valence-corrected chi connectivity index (χ3v) is 3.96. The van der Waals surface area contributed by atoms with E-state index in [-0.39, 0.29) is 16.8 Å². The van der Waals surface area contributed by atoms with E-state index in [4.69, 9.17) is 4.42 Å². The number of carbonyl (C=O) groups excluding carboxylic acids is 2. The highest BCUT2D eigenvalue weighted by Crippen LogP contribution is 2.14. The molecule has 2 N–H and O–H groups in total. The molecule has 1 aromatic rings. The molecule has 0 aliphatic carbocycles. The van der Waals surface area contributed by atoms with Crippen molar-refractivity contribution in [1.82, 2.24) is 10.6 Å². The minimum absolute atomic E-state index is 0.123. The highest BCUT2D eigenvalue weighted by atomic mass is 32.2. The Morgan fingerprint density at radius 3 is 2.80 bits per heavy atom. The first-order chi connectivity index (χ1) is 9.38. The van der Waals surface area contributed by atoms with E-state index in [0.717, 1.165) is 19.1 Å². The average Bonchev–Trinajstić information content (AvgIpc) is 2.78. The van der Waals surface area contributed by atoms with Crippen molar-refractivity contribution in [2.75, 3.05) is 12.8 Å². The summed E-state index contributed by atoms with van der Waals surface area (Å²) in [5.74, 6) is -0.949. The molecule has 2 amide bonds. The molecule has 2 rings (SSSR count). The molecule has 0 bridgehead atoms. The van der Waals surface area contributed by atoms with E-state index in [1.54, 1.807) is 0 Å². The number of nitrogens with one attached hydrogen (secondary N) is 2. The smallest absolute Gasteiger partial charge is 0.287 e. The molecular formula is C12H16N2O5S. The molecule has 1 fully saturated rings. The Balaban J connectivity index is 2.08. The SMILES string of the molecule is CS(=O)(=O)c1ccc(C(=O)NC2CCCCNC2=O)o1. The molecule has 8 heteroatoms. The van der Waals surface area contributed by atoms with Gasteiger partial charge in [-0.1, -0.05) is 0 Å². The van der Waals surface area contributed by atoms with E-state index < -0.39 is 21.8 Å². The van der Waals surface area contributed by atoms with Crippen molar-refractivity contribution in [3.8, 4) is 0 Å². The van der Waals surface area contributed by atoms with Gasteiger partial charge in [0.25, 0.3) is 5.91 Å². The van der Waals surface area contributed by atoms with Crippen LogP contribution in [0, 0.1) is 0 Å². The summed E-state index contributed by atoms with van der Waals surface area (Å²) >= 11 is 0. The van der Waals surface area contributed by atoms with Crippen LogP contribution in [-0.2, 0) is 14.6 Å². The van der Waals surface area contributed by atoms with E-state index in [1.165, 1.54) is 12.1 Å². The summed E-state index contributed by atoms with van der Waals surface area (Å²) in [7, 11) is -3.49. The van der Waals surface area contributed by atoms with Crippen LogP contribution in [0.2, 0.25) is 0 Å². The molecule has 1 aliphatic heterocycles. The Kier molecular flexibility index (Phi) is 4.12. The van der Waals surface area contributed by atoms with Crippen LogP contribution in [0.4, 0.5) is 0 Å². The van der Waals surface area contributed by atoms with E-state index in [1.807, 2.05) is 0 Å². The monoisotopic (exact) mass is 300 g/mol. The van der Waals surface area contributed by atoms with Crippen molar-refractivity contribution in [1.29, 1.82) is 0 Å². The predicted octanol–water partition coefficient (Wildman–Crippen LogP) is 0.0816. The molecule has 110 valence electrons. The van der Waals surface area contributed by atoms with Gasteiger partial charge >= 0.3 is 0 Å². The second-order valence-electron chi connectivity index (χ2n) is 4.70. The van der Waals surface area contributed by atoms with Crippen molar-refractivity contribution >= 4 is 21.7 Å².